The van der Waals surface area contributed by atoms with Crippen molar-refractivity contribution in [1.82, 2.24) is 0 Å². The molecular weight excluding hydrogens is 190 g/mol. The molecule has 0 N–H and O–H groups in total. The van der Waals surface area contributed by atoms with E-state index in [2.05, 4.69) is 0 Å². The number of rotatable bonds is 0. The summed E-state index contributed by atoms with van der Waals surface area (Å²) in [6.45, 7) is 0. The fourth-order valence-corrected chi connectivity index (χ4v) is 0. The molecule has 0 saturated heterocycles. The Labute approximate surface area is 57.2 Å². The summed E-state index contributed by atoms with van der Waals surface area (Å²) in [6.07, 6.45) is 0. The van der Waals surface area contributed by atoms with E-state index in [4.69, 9.17) is 17.5 Å². The summed E-state index contributed by atoms with van der Waals surface area (Å²) in [5.41, 5.74) is 0. The molecular formula is ClNiO4S-. The average molecular weight is 190 g/mol. The SMILES string of the molecule is O=S(=O)([O-])[O-].[Cl-].[Ni+2]. The normalized spacial score (nSPS) is 8.29. The molecule has 0 aromatic heterocycles. The van der Waals surface area contributed by atoms with Crippen molar-refractivity contribution in [2.75, 3.05) is 0 Å². The second kappa shape index (κ2) is 4.80. The summed E-state index contributed by atoms with van der Waals surface area (Å²) in [4.78, 5) is 0. The van der Waals surface area contributed by atoms with Gasteiger partial charge in [-0.2, -0.15) is 0 Å². The smallest absolute Gasteiger partial charge is 1.00 e. The van der Waals surface area contributed by atoms with Crippen molar-refractivity contribution in [3.63, 3.8) is 0 Å². The van der Waals surface area contributed by atoms with E-state index in [1.165, 1.54) is 0 Å². The Morgan fingerprint density at radius 3 is 1.14 bits per heavy atom. The first-order chi connectivity index (χ1) is 2.00. The van der Waals surface area contributed by atoms with E-state index in [1.807, 2.05) is 0 Å². The maximum Gasteiger partial charge on any atom is 2.00 e. The molecule has 0 aromatic rings. The molecule has 0 aliphatic rings. The second-order valence-corrected chi connectivity index (χ2v) is 1.22. The van der Waals surface area contributed by atoms with E-state index >= 15 is 0 Å². The van der Waals surface area contributed by atoms with Crippen molar-refractivity contribution in [3.8, 4) is 0 Å². The molecule has 0 heterocycles. The minimum Gasteiger partial charge on any atom is -1.00 e. The maximum atomic E-state index is 8.52. The summed E-state index contributed by atoms with van der Waals surface area (Å²) in [6, 6.07) is 0. The molecule has 0 bridgehead atoms. The van der Waals surface area contributed by atoms with Crippen LogP contribution in [0.2, 0.25) is 0 Å². The van der Waals surface area contributed by atoms with Crippen LogP contribution in [-0.2, 0) is 26.9 Å². The van der Waals surface area contributed by atoms with Gasteiger partial charge in [-0.3, -0.25) is 8.42 Å². The minimum atomic E-state index is -5.17. The molecule has 0 unspecified atom stereocenters. The Morgan fingerprint density at radius 2 is 1.14 bits per heavy atom. The molecule has 0 aliphatic carbocycles. The Balaban J connectivity index is -0.0000000800. The van der Waals surface area contributed by atoms with Crippen molar-refractivity contribution in [2.45, 2.75) is 0 Å². The van der Waals surface area contributed by atoms with E-state index in [0.29, 0.717) is 0 Å². The molecule has 0 aliphatic heterocycles. The van der Waals surface area contributed by atoms with Gasteiger partial charge in [0.2, 0.25) is 0 Å². The van der Waals surface area contributed by atoms with Crippen LogP contribution in [0, 0.1) is 0 Å². The van der Waals surface area contributed by atoms with Crippen molar-refractivity contribution in [3.05, 3.63) is 0 Å². The van der Waals surface area contributed by atoms with Crippen molar-refractivity contribution < 1.29 is 46.4 Å². The van der Waals surface area contributed by atoms with Gasteiger partial charge >= 0.3 is 16.5 Å². The number of hydrogen-bond donors (Lipinski definition) is 0. The number of hydrogen-bond acceptors (Lipinski definition) is 4. The summed E-state index contributed by atoms with van der Waals surface area (Å²) in [5, 5.41) is 0. The van der Waals surface area contributed by atoms with Crippen LogP contribution < -0.4 is 12.4 Å². The van der Waals surface area contributed by atoms with Gasteiger partial charge in [-0.1, -0.05) is 0 Å². The predicted molar refractivity (Wildman–Crippen MR) is 10.5 cm³/mol. The summed E-state index contributed by atoms with van der Waals surface area (Å²) < 4.78 is 34.1. The molecule has 0 spiro atoms. The molecule has 0 saturated carbocycles. The zero-order valence-electron chi connectivity index (χ0n) is 2.74. The van der Waals surface area contributed by atoms with Crippen molar-refractivity contribution in [1.29, 1.82) is 0 Å². The molecule has 0 fully saturated rings. The Hall–Kier alpha value is 0.654. The topological polar surface area (TPSA) is 80.3 Å². The minimum absolute atomic E-state index is 0. The molecule has 7 heavy (non-hydrogen) atoms. The van der Waals surface area contributed by atoms with Gasteiger partial charge in [-0.15, -0.1) is 0 Å². The van der Waals surface area contributed by atoms with E-state index in [1.54, 1.807) is 0 Å². The Morgan fingerprint density at radius 1 is 1.14 bits per heavy atom. The van der Waals surface area contributed by atoms with Gasteiger partial charge in [0.15, 0.2) is 0 Å². The molecule has 0 amide bonds. The van der Waals surface area contributed by atoms with Crippen LogP contribution in [0.4, 0.5) is 0 Å². The van der Waals surface area contributed by atoms with Crippen LogP contribution in [0.5, 0.6) is 0 Å². The summed E-state index contributed by atoms with van der Waals surface area (Å²) in [7, 11) is -5.17. The second-order valence-electron chi connectivity index (χ2n) is 0.408. The Bertz CT molecular complexity index is 94.9. The molecule has 7 heteroatoms. The quantitative estimate of drug-likeness (QED) is 0.220. The van der Waals surface area contributed by atoms with Crippen LogP contribution in [0.25, 0.3) is 0 Å². The third kappa shape index (κ3) is 337. The summed E-state index contributed by atoms with van der Waals surface area (Å²) >= 11 is 0. The third-order valence-electron chi connectivity index (χ3n) is 0. The van der Waals surface area contributed by atoms with Gasteiger partial charge in [0.1, 0.15) is 0 Å². The van der Waals surface area contributed by atoms with Crippen LogP contribution in [-0.4, -0.2) is 17.5 Å². The zero-order valence-corrected chi connectivity index (χ0v) is 5.30. The van der Waals surface area contributed by atoms with Gasteiger partial charge < -0.3 is 21.5 Å². The van der Waals surface area contributed by atoms with Gasteiger partial charge in [0.05, 0.1) is 0 Å². The first-order valence-corrected chi connectivity index (χ1v) is 2.00. The van der Waals surface area contributed by atoms with Crippen LogP contribution in [0.15, 0.2) is 0 Å². The van der Waals surface area contributed by atoms with Crippen LogP contribution in [0.3, 0.4) is 0 Å². The first kappa shape index (κ1) is 15.6. The molecule has 0 atom stereocenters. The largest absolute Gasteiger partial charge is 2.00 e. The molecule has 0 aromatic carbocycles. The Kier molecular flexibility index (Phi) is 10.7. The molecule has 0 radical (unpaired) electrons. The molecule has 0 rings (SSSR count). The van der Waals surface area contributed by atoms with Gasteiger partial charge in [-0.05, 0) is 0 Å². The van der Waals surface area contributed by atoms with Crippen LogP contribution >= 0.6 is 0 Å². The fraction of sp³-hybridized carbons (Fsp3) is 0. The first-order valence-electron chi connectivity index (χ1n) is 0.667. The monoisotopic (exact) mass is 189 g/mol. The van der Waals surface area contributed by atoms with E-state index in [-0.39, 0.29) is 28.9 Å². The molecule has 48 valence electrons. The maximum absolute atomic E-state index is 8.52. The van der Waals surface area contributed by atoms with E-state index in [0.717, 1.165) is 0 Å². The van der Waals surface area contributed by atoms with Gasteiger partial charge in [-0.25, -0.2) is 0 Å². The zero-order chi connectivity index (χ0) is 4.50. The molecule has 4 nitrogen and oxygen atoms in total. The third-order valence-corrected chi connectivity index (χ3v) is 0. The van der Waals surface area contributed by atoms with Crippen molar-refractivity contribution in [2.24, 2.45) is 0 Å². The fourth-order valence-electron chi connectivity index (χ4n) is 0. The van der Waals surface area contributed by atoms with Crippen molar-refractivity contribution >= 4 is 10.4 Å². The summed E-state index contributed by atoms with van der Waals surface area (Å²) in [5.74, 6) is 0. The number of halogens is 1. The van der Waals surface area contributed by atoms with Gasteiger partial charge in [0.25, 0.3) is 0 Å². The predicted octanol–water partition coefficient (Wildman–Crippen LogP) is -4.34. The average Bonchev–Trinajstić information content (AvgIpc) is 0.722. The van der Waals surface area contributed by atoms with Gasteiger partial charge in [0, 0.05) is 10.4 Å². The van der Waals surface area contributed by atoms with Crippen LogP contribution in [0.1, 0.15) is 0 Å². The van der Waals surface area contributed by atoms with E-state index in [9.17, 15) is 0 Å². The standard InChI is InChI=1S/ClH.Ni.H2O4S/c;;1-5(2,3)4/h1H;;(H2,1,2,3,4)/q;+2;/p-3. The van der Waals surface area contributed by atoms with E-state index < -0.39 is 10.4 Å².